The second-order valence-corrected chi connectivity index (χ2v) is 19.6. The number of carbonyl (C=O) groups is 2. The molecule has 0 N–H and O–H groups in total. The molecule has 0 aliphatic carbocycles. The number of quaternary nitrogens is 1. The summed E-state index contributed by atoms with van der Waals surface area (Å²) >= 11 is 0. The monoisotopic (exact) mass is 858 g/mol. The van der Waals surface area contributed by atoms with Crippen molar-refractivity contribution in [1.82, 2.24) is 0 Å². The number of hydrogen-bond acceptors (Lipinski definition) is 8. The van der Waals surface area contributed by atoms with Crippen molar-refractivity contribution >= 4 is 19.8 Å². The third-order valence-electron chi connectivity index (χ3n) is 11.0. The van der Waals surface area contributed by atoms with Gasteiger partial charge in [-0.25, -0.2) is 0 Å². The van der Waals surface area contributed by atoms with Gasteiger partial charge in [0.25, 0.3) is 7.82 Å². The van der Waals surface area contributed by atoms with Gasteiger partial charge in [-0.2, -0.15) is 0 Å². The highest BCUT2D eigenvalue weighted by Crippen LogP contribution is 2.38. The first kappa shape index (κ1) is 57.8. The molecule has 0 bridgehead atoms. The van der Waals surface area contributed by atoms with Crippen molar-refractivity contribution in [2.75, 3.05) is 47.5 Å². The van der Waals surface area contributed by atoms with Crippen LogP contribution in [0.2, 0.25) is 0 Å². The summed E-state index contributed by atoms with van der Waals surface area (Å²) in [5, 5.41) is 0. The number of phosphoric acid groups is 1. The molecule has 350 valence electrons. The third kappa shape index (κ3) is 46.1. The molecule has 0 amide bonds. The molecule has 0 saturated heterocycles. The Balaban J connectivity index is 4.24. The summed E-state index contributed by atoms with van der Waals surface area (Å²) in [6.07, 6.45) is 45.3. The molecule has 9 nitrogen and oxygen atoms in total. The molecule has 0 aromatic carbocycles. The molecule has 0 fully saturated rings. The summed E-state index contributed by atoms with van der Waals surface area (Å²) in [5.41, 5.74) is 0. The van der Waals surface area contributed by atoms with Crippen LogP contribution in [0.25, 0.3) is 0 Å². The number of unbranched alkanes of at least 4 members (excludes halogenated alkanes) is 30. The zero-order valence-electron chi connectivity index (χ0n) is 39.5. The van der Waals surface area contributed by atoms with Crippen LogP contribution in [0, 0.1) is 0 Å². The molecule has 1 unspecified atom stereocenters. The van der Waals surface area contributed by atoms with Gasteiger partial charge in [0.15, 0.2) is 6.10 Å². The number of allylic oxidation sites excluding steroid dienone is 2. The van der Waals surface area contributed by atoms with Gasteiger partial charge in [-0.05, 0) is 38.5 Å². The minimum atomic E-state index is -4.63. The second-order valence-electron chi connectivity index (χ2n) is 18.2. The molecule has 0 saturated carbocycles. The van der Waals surface area contributed by atoms with Gasteiger partial charge in [-0.15, -0.1) is 0 Å². The molecule has 0 heterocycles. The first-order valence-electron chi connectivity index (χ1n) is 24.9. The molecule has 0 rings (SSSR count). The molecule has 59 heavy (non-hydrogen) atoms. The van der Waals surface area contributed by atoms with Crippen LogP contribution < -0.4 is 4.89 Å². The van der Waals surface area contributed by atoms with Crippen molar-refractivity contribution < 1.29 is 42.1 Å². The molecular formula is C49H96NO8P. The minimum absolute atomic E-state index is 0.0309. The summed E-state index contributed by atoms with van der Waals surface area (Å²) in [4.78, 5) is 37.6. The number of phosphoric ester groups is 1. The molecule has 0 spiro atoms. The number of carbonyl (C=O) groups excluding carboxylic acids is 2. The average molecular weight is 858 g/mol. The van der Waals surface area contributed by atoms with E-state index in [1.165, 1.54) is 167 Å². The van der Waals surface area contributed by atoms with Gasteiger partial charge in [-0.3, -0.25) is 14.2 Å². The van der Waals surface area contributed by atoms with E-state index >= 15 is 0 Å². The van der Waals surface area contributed by atoms with E-state index in [1.807, 2.05) is 21.1 Å². The smallest absolute Gasteiger partial charge is 0.306 e. The molecular weight excluding hydrogens is 762 g/mol. The Morgan fingerprint density at radius 2 is 0.864 bits per heavy atom. The second kappa shape index (κ2) is 42.1. The maximum Gasteiger partial charge on any atom is 0.306 e. The fraction of sp³-hybridized carbons (Fsp3) is 0.918. The molecule has 0 radical (unpaired) electrons. The largest absolute Gasteiger partial charge is 0.756 e. The number of ether oxygens (including phenoxy) is 2. The van der Waals surface area contributed by atoms with Crippen LogP contribution in [-0.2, 0) is 32.7 Å². The lowest BCUT2D eigenvalue weighted by molar-refractivity contribution is -0.870. The van der Waals surface area contributed by atoms with E-state index in [4.69, 9.17) is 18.5 Å². The lowest BCUT2D eigenvalue weighted by Crippen LogP contribution is -2.37. The Labute approximate surface area is 365 Å². The number of nitrogens with zero attached hydrogens (tertiary/aromatic N) is 1. The van der Waals surface area contributed by atoms with Gasteiger partial charge >= 0.3 is 11.9 Å². The Morgan fingerprint density at radius 3 is 1.29 bits per heavy atom. The van der Waals surface area contributed by atoms with Crippen LogP contribution in [0.1, 0.15) is 239 Å². The predicted molar refractivity (Wildman–Crippen MR) is 245 cm³/mol. The Bertz CT molecular complexity index is 1020. The highest BCUT2D eigenvalue weighted by Gasteiger charge is 2.21. The van der Waals surface area contributed by atoms with Crippen LogP contribution in [0.3, 0.4) is 0 Å². The van der Waals surface area contributed by atoms with E-state index in [2.05, 4.69) is 26.0 Å². The molecule has 0 aromatic rings. The summed E-state index contributed by atoms with van der Waals surface area (Å²) in [6, 6.07) is 0. The van der Waals surface area contributed by atoms with Crippen molar-refractivity contribution in [3.63, 3.8) is 0 Å². The lowest BCUT2D eigenvalue weighted by Gasteiger charge is -2.28. The number of hydrogen-bond donors (Lipinski definition) is 0. The van der Waals surface area contributed by atoms with Crippen LogP contribution in [0.15, 0.2) is 12.2 Å². The van der Waals surface area contributed by atoms with Gasteiger partial charge in [0.2, 0.25) is 0 Å². The Hall–Kier alpha value is -1.25. The lowest BCUT2D eigenvalue weighted by atomic mass is 10.0. The topological polar surface area (TPSA) is 111 Å². The highest BCUT2D eigenvalue weighted by molar-refractivity contribution is 7.45. The standard InChI is InChI=1S/C49H96NO8P/c1-6-8-10-12-14-16-18-20-22-23-24-25-26-28-29-31-33-35-37-39-41-48(51)55-45-47(46-57-59(53,54)56-44-43-50(3,4)5)58-49(52)42-40-38-36-34-32-30-27-21-19-17-15-13-11-9-7-2/h32,34,47H,6-31,33,35-46H2,1-5H3/b34-32+/t47-/m1/s1. The first-order chi connectivity index (χ1) is 28.5. The van der Waals surface area contributed by atoms with Crippen LogP contribution in [-0.4, -0.2) is 70.0 Å². The highest BCUT2D eigenvalue weighted by atomic mass is 31.2. The number of likely N-dealkylation sites (N-methyl/N-ethyl adjacent to an activating group) is 1. The molecule has 0 aliphatic rings. The van der Waals surface area contributed by atoms with Gasteiger partial charge in [-0.1, -0.05) is 199 Å². The molecule has 2 atom stereocenters. The van der Waals surface area contributed by atoms with E-state index in [9.17, 15) is 19.0 Å². The van der Waals surface area contributed by atoms with Crippen molar-refractivity contribution in [1.29, 1.82) is 0 Å². The van der Waals surface area contributed by atoms with Crippen molar-refractivity contribution in [2.45, 2.75) is 245 Å². The summed E-state index contributed by atoms with van der Waals surface area (Å²) in [7, 11) is 1.17. The molecule has 0 aromatic heterocycles. The van der Waals surface area contributed by atoms with Crippen molar-refractivity contribution in [3.8, 4) is 0 Å². The fourth-order valence-electron chi connectivity index (χ4n) is 7.12. The Morgan fingerprint density at radius 1 is 0.508 bits per heavy atom. The van der Waals surface area contributed by atoms with E-state index < -0.39 is 26.5 Å². The van der Waals surface area contributed by atoms with Crippen LogP contribution in [0.4, 0.5) is 0 Å². The predicted octanol–water partition coefficient (Wildman–Crippen LogP) is 13.9. The van der Waals surface area contributed by atoms with Crippen molar-refractivity contribution in [3.05, 3.63) is 12.2 Å². The SMILES string of the molecule is CCCCCCCCCCC/C=C/CCCCC(=O)O[C@H](COC(=O)CCCCCCCCCCCCCCCCCCCCCC)COP(=O)([O-])OCC[N+](C)(C)C. The van der Waals surface area contributed by atoms with Gasteiger partial charge < -0.3 is 27.9 Å². The van der Waals surface area contributed by atoms with Gasteiger partial charge in [0, 0.05) is 12.8 Å². The summed E-state index contributed by atoms with van der Waals surface area (Å²) in [6.45, 7) is 4.25. The fourth-order valence-corrected chi connectivity index (χ4v) is 7.85. The third-order valence-corrected chi connectivity index (χ3v) is 12.0. The maximum atomic E-state index is 12.7. The summed E-state index contributed by atoms with van der Waals surface area (Å²) < 4.78 is 34.0. The number of esters is 2. The molecule has 10 heteroatoms. The van der Waals surface area contributed by atoms with Gasteiger partial charge in [0.05, 0.1) is 27.7 Å². The zero-order chi connectivity index (χ0) is 43.6. The normalized spacial score (nSPS) is 13.5. The summed E-state index contributed by atoms with van der Waals surface area (Å²) in [5.74, 6) is -0.846. The molecule has 0 aliphatic heterocycles. The maximum absolute atomic E-state index is 12.7. The van der Waals surface area contributed by atoms with Crippen LogP contribution >= 0.6 is 7.82 Å². The van der Waals surface area contributed by atoms with E-state index in [-0.39, 0.29) is 32.0 Å². The van der Waals surface area contributed by atoms with E-state index in [0.717, 1.165) is 38.5 Å². The zero-order valence-corrected chi connectivity index (χ0v) is 40.4. The number of rotatable bonds is 46. The quantitative estimate of drug-likeness (QED) is 0.0196. The van der Waals surface area contributed by atoms with Crippen molar-refractivity contribution in [2.24, 2.45) is 0 Å². The average Bonchev–Trinajstić information content (AvgIpc) is 3.19. The Kier molecular flexibility index (Phi) is 41.2. The van der Waals surface area contributed by atoms with E-state index in [0.29, 0.717) is 17.4 Å². The van der Waals surface area contributed by atoms with Gasteiger partial charge in [0.1, 0.15) is 19.8 Å². The first-order valence-corrected chi connectivity index (χ1v) is 26.4. The minimum Gasteiger partial charge on any atom is -0.756 e. The van der Waals surface area contributed by atoms with E-state index in [1.54, 1.807) is 0 Å². The van der Waals surface area contributed by atoms with Crippen LogP contribution in [0.5, 0.6) is 0 Å².